The van der Waals surface area contributed by atoms with Crippen molar-refractivity contribution in [3.05, 3.63) is 71.5 Å². The van der Waals surface area contributed by atoms with E-state index in [2.05, 4.69) is 50.0 Å². The van der Waals surface area contributed by atoms with Crippen LogP contribution in [0.25, 0.3) is 5.69 Å². The van der Waals surface area contributed by atoms with Gasteiger partial charge in [-0.25, -0.2) is 0 Å². The van der Waals surface area contributed by atoms with Crippen LogP contribution in [0.5, 0.6) is 0 Å². The molecule has 1 aliphatic rings. The fourth-order valence-corrected chi connectivity index (χ4v) is 3.57. The van der Waals surface area contributed by atoms with Crippen molar-refractivity contribution in [1.82, 2.24) is 30.4 Å². The highest BCUT2D eigenvalue weighted by molar-refractivity contribution is 5.94. The Morgan fingerprint density at radius 1 is 1.07 bits per heavy atom. The van der Waals surface area contributed by atoms with Crippen LogP contribution in [0.3, 0.4) is 0 Å². The summed E-state index contributed by atoms with van der Waals surface area (Å²) >= 11 is 0. The van der Waals surface area contributed by atoms with E-state index in [0.29, 0.717) is 11.4 Å². The SMILES string of the molecule is Cc1nnnn1-c1ccc(C(=O)NC2CCN(Cc3ccccc3)CC2)cc1. The Morgan fingerprint density at radius 2 is 1.79 bits per heavy atom. The fourth-order valence-electron chi connectivity index (χ4n) is 3.57. The second-order valence-corrected chi connectivity index (χ2v) is 7.19. The molecule has 1 aromatic heterocycles. The average molecular weight is 376 g/mol. The van der Waals surface area contributed by atoms with Gasteiger partial charge in [0.2, 0.25) is 0 Å². The third-order valence-electron chi connectivity index (χ3n) is 5.17. The minimum Gasteiger partial charge on any atom is -0.349 e. The number of nitrogens with one attached hydrogen (secondary N) is 1. The first kappa shape index (κ1) is 18.3. The smallest absolute Gasteiger partial charge is 0.251 e. The molecule has 28 heavy (non-hydrogen) atoms. The van der Waals surface area contributed by atoms with Crippen LogP contribution in [0.1, 0.15) is 34.6 Å². The molecule has 2 heterocycles. The number of hydrogen-bond donors (Lipinski definition) is 1. The van der Waals surface area contributed by atoms with E-state index in [1.165, 1.54) is 5.56 Å². The van der Waals surface area contributed by atoms with Crippen LogP contribution < -0.4 is 5.32 Å². The molecule has 144 valence electrons. The van der Waals surface area contributed by atoms with Crippen molar-refractivity contribution in [1.29, 1.82) is 0 Å². The Kier molecular flexibility index (Phi) is 5.43. The molecule has 0 radical (unpaired) electrons. The number of piperidine rings is 1. The summed E-state index contributed by atoms with van der Waals surface area (Å²) in [6.07, 6.45) is 1.95. The number of tetrazole rings is 1. The molecule has 0 atom stereocenters. The molecule has 0 spiro atoms. The highest BCUT2D eigenvalue weighted by Gasteiger charge is 2.21. The van der Waals surface area contributed by atoms with E-state index in [0.717, 1.165) is 38.2 Å². The number of amides is 1. The van der Waals surface area contributed by atoms with Gasteiger partial charge in [-0.15, -0.1) is 5.10 Å². The van der Waals surface area contributed by atoms with Crippen molar-refractivity contribution in [2.75, 3.05) is 13.1 Å². The number of carbonyl (C=O) groups is 1. The molecule has 3 aromatic rings. The molecule has 1 saturated heterocycles. The maximum Gasteiger partial charge on any atom is 0.251 e. The highest BCUT2D eigenvalue weighted by Crippen LogP contribution is 2.15. The van der Waals surface area contributed by atoms with Gasteiger partial charge in [0.25, 0.3) is 5.91 Å². The standard InChI is InChI=1S/C21H24N6O/c1-16-23-24-25-27(16)20-9-7-18(8-10-20)21(28)22-19-11-13-26(14-12-19)15-17-5-3-2-4-6-17/h2-10,19H,11-15H2,1H3,(H,22,28). The molecule has 1 fully saturated rings. The van der Waals surface area contributed by atoms with E-state index in [-0.39, 0.29) is 11.9 Å². The lowest BCUT2D eigenvalue weighted by Crippen LogP contribution is -2.44. The number of aromatic nitrogens is 4. The number of benzene rings is 2. The number of hydrogen-bond acceptors (Lipinski definition) is 5. The summed E-state index contributed by atoms with van der Waals surface area (Å²) in [6.45, 7) is 4.80. The van der Waals surface area contributed by atoms with Crippen molar-refractivity contribution in [2.24, 2.45) is 0 Å². The molecule has 0 bridgehead atoms. The summed E-state index contributed by atoms with van der Waals surface area (Å²) in [5.41, 5.74) is 2.83. The molecule has 7 nitrogen and oxygen atoms in total. The van der Waals surface area contributed by atoms with Crippen LogP contribution in [-0.4, -0.2) is 50.1 Å². The van der Waals surface area contributed by atoms with Crippen LogP contribution in [0.2, 0.25) is 0 Å². The summed E-state index contributed by atoms with van der Waals surface area (Å²) in [6, 6.07) is 18.1. The van der Waals surface area contributed by atoms with E-state index in [1.807, 2.05) is 37.3 Å². The number of nitrogens with zero attached hydrogens (tertiary/aromatic N) is 5. The Labute approximate surface area is 164 Å². The number of likely N-dealkylation sites (tertiary alicyclic amines) is 1. The zero-order valence-electron chi connectivity index (χ0n) is 16.0. The summed E-state index contributed by atoms with van der Waals surface area (Å²) < 4.78 is 1.64. The average Bonchev–Trinajstić information content (AvgIpc) is 3.16. The molecule has 2 aromatic carbocycles. The molecule has 1 amide bonds. The van der Waals surface area contributed by atoms with Gasteiger partial charge in [-0.05, 0) is 60.0 Å². The van der Waals surface area contributed by atoms with Gasteiger partial charge >= 0.3 is 0 Å². The van der Waals surface area contributed by atoms with Gasteiger partial charge in [0, 0.05) is 31.2 Å². The van der Waals surface area contributed by atoms with E-state index in [4.69, 9.17) is 0 Å². The van der Waals surface area contributed by atoms with Gasteiger partial charge in [-0.1, -0.05) is 30.3 Å². The van der Waals surface area contributed by atoms with Crippen molar-refractivity contribution in [3.63, 3.8) is 0 Å². The van der Waals surface area contributed by atoms with E-state index in [9.17, 15) is 4.79 Å². The van der Waals surface area contributed by atoms with Crippen molar-refractivity contribution >= 4 is 5.91 Å². The number of rotatable bonds is 5. The second-order valence-electron chi connectivity index (χ2n) is 7.19. The van der Waals surface area contributed by atoms with Crippen LogP contribution in [0, 0.1) is 6.92 Å². The Morgan fingerprint density at radius 3 is 2.43 bits per heavy atom. The number of carbonyl (C=O) groups excluding carboxylic acids is 1. The minimum absolute atomic E-state index is 0.0264. The molecule has 4 rings (SSSR count). The highest BCUT2D eigenvalue weighted by atomic mass is 16.1. The molecule has 0 saturated carbocycles. The molecule has 1 N–H and O–H groups in total. The van der Waals surface area contributed by atoms with Crippen molar-refractivity contribution < 1.29 is 4.79 Å². The summed E-state index contributed by atoms with van der Waals surface area (Å²) in [7, 11) is 0. The van der Waals surface area contributed by atoms with Gasteiger partial charge in [0.05, 0.1) is 5.69 Å². The molecule has 0 aliphatic carbocycles. The lowest BCUT2D eigenvalue weighted by atomic mass is 10.0. The third kappa shape index (κ3) is 4.26. The molecular formula is C21H24N6O. The molecular weight excluding hydrogens is 352 g/mol. The van der Waals surface area contributed by atoms with Crippen molar-refractivity contribution in [3.8, 4) is 5.69 Å². The van der Waals surface area contributed by atoms with E-state index >= 15 is 0 Å². The number of aryl methyl sites for hydroxylation is 1. The summed E-state index contributed by atoms with van der Waals surface area (Å²) in [4.78, 5) is 15.0. The van der Waals surface area contributed by atoms with Gasteiger partial charge in [-0.2, -0.15) is 4.68 Å². The topological polar surface area (TPSA) is 75.9 Å². The minimum atomic E-state index is -0.0264. The van der Waals surface area contributed by atoms with Crippen LogP contribution in [0.15, 0.2) is 54.6 Å². The first-order chi connectivity index (χ1) is 13.7. The van der Waals surface area contributed by atoms with Crippen molar-refractivity contribution in [2.45, 2.75) is 32.4 Å². The monoisotopic (exact) mass is 376 g/mol. The maximum atomic E-state index is 12.6. The van der Waals surface area contributed by atoms with Gasteiger partial charge < -0.3 is 5.32 Å². The van der Waals surface area contributed by atoms with E-state index in [1.54, 1.807) is 4.68 Å². The predicted octanol–water partition coefficient (Wildman–Crippen LogP) is 2.37. The van der Waals surface area contributed by atoms with Crippen LogP contribution in [-0.2, 0) is 6.54 Å². The van der Waals surface area contributed by atoms with E-state index < -0.39 is 0 Å². The van der Waals surface area contributed by atoms with Crippen LogP contribution in [0.4, 0.5) is 0 Å². The fraction of sp³-hybridized carbons (Fsp3) is 0.333. The zero-order valence-corrected chi connectivity index (χ0v) is 16.0. The second kappa shape index (κ2) is 8.31. The Balaban J connectivity index is 1.29. The molecule has 7 heteroatoms. The zero-order chi connectivity index (χ0) is 19.3. The third-order valence-corrected chi connectivity index (χ3v) is 5.17. The lowest BCUT2D eigenvalue weighted by molar-refractivity contribution is 0.0909. The molecule has 1 aliphatic heterocycles. The predicted molar refractivity (Wildman–Crippen MR) is 106 cm³/mol. The Hall–Kier alpha value is -3.06. The first-order valence-corrected chi connectivity index (χ1v) is 9.61. The Bertz CT molecular complexity index is 914. The molecule has 0 unspecified atom stereocenters. The first-order valence-electron chi connectivity index (χ1n) is 9.61. The van der Waals surface area contributed by atoms with Gasteiger partial charge in [-0.3, -0.25) is 9.69 Å². The summed E-state index contributed by atoms with van der Waals surface area (Å²) in [5, 5.41) is 14.6. The summed E-state index contributed by atoms with van der Waals surface area (Å²) in [5.74, 6) is 0.681. The van der Waals surface area contributed by atoms with Gasteiger partial charge in [0.1, 0.15) is 0 Å². The maximum absolute atomic E-state index is 12.6. The lowest BCUT2D eigenvalue weighted by Gasteiger charge is -2.32. The normalized spacial score (nSPS) is 15.5. The quantitative estimate of drug-likeness (QED) is 0.740. The largest absolute Gasteiger partial charge is 0.349 e. The van der Waals surface area contributed by atoms with Crippen LogP contribution >= 0.6 is 0 Å². The van der Waals surface area contributed by atoms with Gasteiger partial charge in [0.15, 0.2) is 5.82 Å².